The molecular weight excluding hydrogens is 462 g/mol. The van der Waals surface area contributed by atoms with Crippen molar-refractivity contribution in [2.24, 2.45) is 0 Å². The molecule has 1 saturated heterocycles. The Morgan fingerprint density at radius 3 is 2.36 bits per heavy atom. The molecule has 3 aromatic rings. The van der Waals surface area contributed by atoms with Gasteiger partial charge in [0.1, 0.15) is 18.1 Å². The molecule has 0 radical (unpaired) electrons. The third-order valence-corrected chi connectivity index (χ3v) is 5.97. The first-order valence-corrected chi connectivity index (χ1v) is 11.4. The minimum absolute atomic E-state index is 0.0539. The lowest BCUT2D eigenvalue weighted by Crippen LogP contribution is -2.32. The second-order valence-electron chi connectivity index (χ2n) is 8.22. The number of rotatable bonds is 9. The monoisotopic (exact) mass is 489 g/mol. The van der Waals surface area contributed by atoms with Crippen LogP contribution in [-0.2, 0) is 20.9 Å². The van der Waals surface area contributed by atoms with Crippen molar-refractivity contribution in [3.8, 4) is 17.2 Å². The van der Waals surface area contributed by atoms with Crippen molar-refractivity contribution in [1.29, 1.82) is 0 Å². The van der Waals surface area contributed by atoms with E-state index >= 15 is 0 Å². The van der Waals surface area contributed by atoms with Gasteiger partial charge in [0.25, 0.3) is 11.7 Å². The van der Waals surface area contributed by atoms with E-state index in [4.69, 9.17) is 14.2 Å². The topological polar surface area (TPSA) is 106 Å². The molecular formula is C28H27NO7. The summed E-state index contributed by atoms with van der Waals surface area (Å²) in [7, 11) is 2.90. The summed E-state index contributed by atoms with van der Waals surface area (Å²) >= 11 is 0. The summed E-state index contributed by atoms with van der Waals surface area (Å²) in [6.45, 7) is 0.726. The maximum absolute atomic E-state index is 13.1. The summed E-state index contributed by atoms with van der Waals surface area (Å²) in [6.07, 6.45) is 0. The van der Waals surface area contributed by atoms with Gasteiger partial charge >= 0.3 is 0 Å². The lowest BCUT2D eigenvalue weighted by molar-refractivity contribution is -0.140. The Morgan fingerprint density at radius 2 is 1.69 bits per heavy atom. The Hall–Kier alpha value is -4.30. The van der Waals surface area contributed by atoms with Crippen molar-refractivity contribution < 1.29 is 34.0 Å². The SMILES string of the molecule is COCCN1C(=O)C(=O)/C(=C(/O)c2ccc(OCc3ccccc3)cc2)C1c1ccc(O)c(OC)c1. The largest absolute Gasteiger partial charge is 0.507 e. The molecule has 186 valence electrons. The number of methoxy groups -OCH3 is 2. The van der Waals surface area contributed by atoms with E-state index in [2.05, 4.69) is 0 Å². The number of ether oxygens (including phenoxy) is 3. The minimum Gasteiger partial charge on any atom is -0.507 e. The van der Waals surface area contributed by atoms with E-state index in [0.29, 0.717) is 23.5 Å². The standard InChI is InChI=1S/C28H27NO7/c1-34-15-14-29-25(20-10-13-22(30)23(16-20)35-2)24(27(32)28(29)33)26(31)19-8-11-21(12-9-19)36-17-18-6-4-3-5-7-18/h3-13,16,25,30-31H,14-15,17H2,1-2H3/b26-24+. The molecule has 1 aliphatic rings. The number of aliphatic hydroxyl groups is 1. The van der Waals surface area contributed by atoms with Crippen molar-refractivity contribution in [3.63, 3.8) is 0 Å². The Balaban J connectivity index is 1.68. The van der Waals surface area contributed by atoms with Crippen LogP contribution in [0.1, 0.15) is 22.7 Å². The molecule has 4 rings (SSSR count). The second kappa shape index (κ2) is 11.0. The molecule has 0 aromatic heterocycles. The third kappa shape index (κ3) is 5.04. The highest BCUT2D eigenvalue weighted by atomic mass is 16.5. The van der Waals surface area contributed by atoms with Crippen LogP contribution in [0.5, 0.6) is 17.2 Å². The van der Waals surface area contributed by atoms with Crippen LogP contribution in [0.15, 0.2) is 78.4 Å². The fraction of sp³-hybridized carbons (Fsp3) is 0.214. The van der Waals surface area contributed by atoms with Crippen LogP contribution >= 0.6 is 0 Å². The van der Waals surface area contributed by atoms with E-state index in [0.717, 1.165) is 5.56 Å². The fourth-order valence-corrected chi connectivity index (χ4v) is 4.12. The molecule has 1 heterocycles. The normalized spacial score (nSPS) is 16.8. The van der Waals surface area contributed by atoms with Gasteiger partial charge in [0, 0.05) is 19.2 Å². The zero-order valence-electron chi connectivity index (χ0n) is 20.0. The number of carbonyl (C=O) groups is 2. The lowest BCUT2D eigenvalue weighted by Gasteiger charge is -2.25. The number of amides is 1. The fourth-order valence-electron chi connectivity index (χ4n) is 4.12. The minimum atomic E-state index is -0.886. The molecule has 36 heavy (non-hydrogen) atoms. The van der Waals surface area contributed by atoms with E-state index in [1.165, 1.54) is 25.2 Å². The second-order valence-corrected chi connectivity index (χ2v) is 8.22. The smallest absolute Gasteiger partial charge is 0.295 e. The summed E-state index contributed by atoms with van der Waals surface area (Å²) in [5, 5.41) is 21.2. The molecule has 1 fully saturated rings. The molecule has 1 amide bonds. The molecule has 1 unspecified atom stereocenters. The van der Waals surface area contributed by atoms with Crippen molar-refractivity contribution in [2.75, 3.05) is 27.4 Å². The number of aromatic hydroxyl groups is 1. The summed E-state index contributed by atoms with van der Waals surface area (Å²) in [5.74, 6) is -1.15. The van der Waals surface area contributed by atoms with Crippen LogP contribution in [0.2, 0.25) is 0 Å². The van der Waals surface area contributed by atoms with Crippen molar-refractivity contribution in [2.45, 2.75) is 12.6 Å². The number of ketones is 1. The number of aliphatic hydroxyl groups excluding tert-OH is 1. The quantitative estimate of drug-likeness (QED) is 0.265. The Labute approximate surface area is 209 Å². The summed E-state index contributed by atoms with van der Waals surface area (Å²) in [4.78, 5) is 27.3. The number of phenolic OH excluding ortho intramolecular Hbond substituents is 1. The zero-order valence-corrected chi connectivity index (χ0v) is 20.0. The maximum atomic E-state index is 13.1. The molecule has 2 N–H and O–H groups in total. The number of hydrogen-bond acceptors (Lipinski definition) is 7. The van der Waals surface area contributed by atoms with Crippen LogP contribution in [0.3, 0.4) is 0 Å². The summed E-state index contributed by atoms with van der Waals surface area (Å²) in [5.41, 5.74) is 1.83. The van der Waals surface area contributed by atoms with Gasteiger partial charge in [-0.15, -0.1) is 0 Å². The van der Waals surface area contributed by atoms with E-state index in [1.54, 1.807) is 36.4 Å². The van der Waals surface area contributed by atoms with E-state index in [9.17, 15) is 19.8 Å². The highest BCUT2D eigenvalue weighted by Crippen LogP contribution is 2.41. The zero-order chi connectivity index (χ0) is 25.7. The first-order chi connectivity index (χ1) is 17.4. The number of hydrogen-bond donors (Lipinski definition) is 2. The molecule has 0 aliphatic carbocycles. The lowest BCUT2D eigenvalue weighted by atomic mass is 9.95. The van der Waals surface area contributed by atoms with Crippen molar-refractivity contribution in [3.05, 3.63) is 95.1 Å². The van der Waals surface area contributed by atoms with E-state index in [1.807, 2.05) is 30.3 Å². The van der Waals surface area contributed by atoms with Gasteiger partial charge in [-0.25, -0.2) is 0 Å². The van der Waals surface area contributed by atoms with Crippen LogP contribution < -0.4 is 9.47 Å². The average molecular weight is 490 g/mol. The van der Waals surface area contributed by atoms with Gasteiger partial charge in [-0.05, 0) is 47.5 Å². The van der Waals surface area contributed by atoms with Crippen molar-refractivity contribution >= 4 is 17.4 Å². The summed E-state index contributed by atoms with van der Waals surface area (Å²) in [6, 6.07) is 20.0. The first-order valence-electron chi connectivity index (χ1n) is 11.4. The average Bonchev–Trinajstić information content (AvgIpc) is 3.16. The number of Topliss-reactive ketones (excluding diaryl/α,β-unsaturated/α-hetero) is 1. The molecule has 0 spiro atoms. The van der Waals surface area contributed by atoms with Gasteiger partial charge in [0.05, 0.1) is 25.3 Å². The number of carbonyl (C=O) groups excluding carboxylic acids is 2. The molecule has 8 nitrogen and oxygen atoms in total. The Kier molecular flexibility index (Phi) is 7.56. The van der Waals surface area contributed by atoms with Gasteiger partial charge in [0.2, 0.25) is 0 Å². The van der Waals surface area contributed by atoms with Gasteiger partial charge in [-0.3, -0.25) is 9.59 Å². The molecule has 1 atom stereocenters. The van der Waals surface area contributed by atoms with Crippen molar-refractivity contribution in [1.82, 2.24) is 4.90 Å². The number of nitrogens with zero attached hydrogens (tertiary/aromatic N) is 1. The number of phenols is 1. The van der Waals surface area contributed by atoms with E-state index < -0.39 is 17.7 Å². The molecule has 1 aliphatic heterocycles. The highest BCUT2D eigenvalue weighted by Gasteiger charge is 2.46. The first kappa shape index (κ1) is 24.8. The van der Waals surface area contributed by atoms with Crippen LogP contribution in [0, 0.1) is 0 Å². The number of likely N-dealkylation sites (tertiary alicyclic amines) is 1. The molecule has 8 heteroatoms. The number of benzene rings is 3. The predicted molar refractivity (Wildman–Crippen MR) is 133 cm³/mol. The Bertz CT molecular complexity index is 1270. The third-order valence-electron chi connectivity index (χ3n) is 5.97. The van der Waals surface area contributed by atoms with Crippen LogP contribution in [0.4, 0.5) is 0 Å². The maximum Gasteiger partial charge on any atom is 0.295 e. The van der Waals surface area contributed by atoms with Crippen LogP contribution in [0.25, 0.3) is 5.76 Å². The Morgan fingerprint density at radius 1 is 0.972 bits per heavy atom. The van der Waals surface area contributed by atoms with E-state index in [-0.39, 0.29) is 36.0 Å². The van der Waals surface area contributed by atoms with Gasteiger partial charge in [0.15, 0.2) is 11.5 Å². The molecule has 0 saturated carbocycles. The predicted octanol–water partition coefficient (Wildman–Crippen LogP) is 4.05. The van der Waals surface area contributed by atoms with Crippen LogP contribution in [-0.4, -0.2) is 54.2 Å². The van der Waals surface area contributed by atoms with Gasteiger partial charge in [-0.2, -0.15) is 0 Å². The molecule has 0 bridgehead atoms. The highest BCUT2D eigenvalue weighted by molar-refractivity contribution is 6.46. The summed E-state index contributed by atoms with van der Waals surface area (Å²) < 4.78 is 16.1. The van der Waals surface area contributed by atoms with Gasteiger partial charge in [-0.1, -0.05) is 36.4 Å². The molecule has 3 aromatic carbocycles. The van der Waals surface area contributed by atoms with Gasteiger partial charge < -0.3 is 29.3 Å².